The molecule has 0 saturated heterocycles. The van der Waals surface area contributed by atoms with E-state index in [1.165, 1.54) is 0 Å². The summed E-state index contributed by atoms with van der Waals surface area (Å²) in [4.78, 5) is 12.5. The third-order valence-corrected chi connectivity index (χ3v) is 4.94. The van der Waals surface area contributed by atoms with Crippen molar-refractivity contribution >= 4 is 23.1 Å². The molecular formula is C17H20ClNO3. The first-order valence-electron chi connectivity index (χ1n) is 7.55. The smallest absolute Gasteiger partial charge is 0.256 e. The predicted molar refractivity (Wildman–Crippen MR) is 86.2 cm³/mol. The van der Waals surface area contributed by atoms with E-state index in [4.69, 9.17) is 16.3 Å². The summed E-state index contributed by atoms with van der Waals surface area (Å²) in [7, 11) is 1.54. The van der Waals surface area contributed by atoms with E-state index in [1.807, 2.05) is 19.9 Å². The molecule has 0 aromatic heterocycles. The zero-order valence-corrected chi connectivity index (χ0v) is 13.8. The second-order valence-electron chi connectivity index (χ2n) is 6.15. The second kappa shape index (κ2) is 5.20. The number of ether oxygens (including phenoxy) is 1. The van der Waals surface area contributed by atoms with Crippen LogP contribution in [-0.4, -0.2) is 23.7 Å². The fourth-order valence-electron chi connectivity index (χ4n) is 3.27. The van der Waals surface area contributed by atoms with Crippen LogP contribution in [0.3, 0.4) is 0 Å². The van der Waals surface area contributed by atoms with Gasteiger partial charge in [-0.15, -0.1) is 0 Å². The van der Waals surface area contributed by atoms with Crippen LogP contribution in [0.15, 0.2) is 17.9 Å². The van der Waals surface area contributed by atoms with Gasteiger partial charge in [-0.25, -0.2) is 0 Å². The molecule has 1 unspecified atom stereocenters. The van der Waals surface area contributed by atoms with Crippen molar-refractivity contribution in [3.8, 4) is 5.75 Å². The van der Waals surface area contributed by atoms with Crippen LogP contribution in [0.1, 0.15) is 37.8 Å². The van der Waals surface area contributed by atoms with Gasteiger partial charge < -0.3 is 15.2 Å². The van der Waals surface area contributed by atoms with Crippen LogP contribution in [0, 0.1) is 5.92 Å². The number of rotatable bonds is 4. The lowest BCUT2D eigenvalue weighted by atomic mass is 9.90. The summed E-state index contributed by atoms with van der Waals surface area (Å²) in [6.45, 7) is 3.87. The average Bonchev–Trinajstić information content (AvgIpc) is 3.29. The highest BCUT2D eigenvalue weighted by Crippen LogP contribution is 2.49. The van der Waals surface area contributed by atoms with E-state index >= 15 is 0 Å². The van der Waals surface area contributed by atoms with Gasteiger partial charge in [0, 0.05) is 10.6 Å². The number of aliphatic hydroxyl groups excluding tert-OH is 1. The quantitative estimate of drug-likeness (QED) is 0.892. The zero-order valence-electron chi connectivity index (χ0n) is 13.0. The van der Waals surface area contributed by atoms with Crippen molar-refractivity contribution in [2.24, 2.45) is 5.92 Å². The van der Waals surface area contributed by atoms with Crippen LogP contribution >= 0.6 is 11.6 Å². The van der Waals surface area contributed by atoms with Crippen LogP contribution in [-0.2, 0) is 11.2 Å². The topological polar surface area (TPSA) is 58.6 Å². The Kier molecular flexibility index (Phi) is 3.60. The molecule has 1 aromatic rings. The third kappa shape index (κ3) is 2.17. The molecule has 1 amide bonds. The number of hydrogen-bond donors (Lipinski definition) is 2. The number of amides is 1. The van der Waals surface area contributed by atoms with Gasteiger partial charge >= 0.3 is 0 Å². The van der Waals surface area contributed by atoms with Crippen molar-refractivity contribution in [2.75, 3.05) is 7.11 Å². The van der Waals surface area contributed by atoms with Crippen LogP contribution in [0.2, 0.25) is 5.02 Å². The number of halogens is 1. The maximum Gasteiger partial charge on any atom is 0.256 e. The summed E-state index contributed by atoms with van der Waals surface area (Å²) in [5, 5.41) is 14.3. The molecule has 2 N–H and O–H groups in total. The van der Waals surface area contributed by atoms with Crippen LogP contribution in [0.4, 0.5) is 0 Å². The Morgan fingerprint density at radius 3 is 2.68 bits per heavy atom. The van der Waals surface area contributed by atoms with Gasteiger partial charge in [-0.3, -0.25) is 4.79 Å². The molecule has 22 heavy (non-hydrogen) atoms. The molecule has 1 saturated carbocycles. The van der Waals surface area contributed by atoms with E-state index in [1.54, 1.807) is 13.2 Å². The lowest BCUT2D eigenvalue weighted by Gasteiger charge is -2.24. The summed E-state index contributed by atoms with van der Waals surface area (Å²) in [5.74, 6) is 0.691. The Hall–Kier alpha value is -1.68. The van der Waals surface area contributed by atoms with Crippen LogP contribution < -0.4 is 10.1 Å². The van der Waals surface area contributed by atoms with Crippen molar-refractivity contribution in [1.29, 1.82) is 0 Å². The molecule has 3 rings (SSSR count). The Bertz CT molecular complexity index is 653. The Labute approximate surface area is 135 Å². The Balaban J connectivity index is 2.22. The van der Waals surface area contributed by atoms with E-state index in [2.05, 4.69) is 5.32 Å². The summed E-state index contributed by atoms with van der Waals surface area (Å²) in [5.41, 5.74) is 1.19. The molecular weight excluding hydrogens is 302 g/mol. The lowest BCUT2D eigenvalue weighted by Crippen LogP contribution is -2.43. The number of carbonyl (C=O) groups excluding carboxylic acids is 1. The van der Waals surface area contributed by atoms with E-state index < -0.39 is 5.54 Å². The second-order valence-corrected chi connectivity index (χ2v) is 6.59. The Morgan fingerprint density at radius 2 is 2.14 bits per heavy atom. The molecule has 0 spiro atoms. The predicted octanol–water partition coefficient (Wildman–Crippen LogP) is 3.48. The number of nitrogens with one attached hydrogen (secondary N) is 1. The number of benzene rings is 1. The van der Waals surface area contributed by atoms with Crippen molar-refractivity contribution in [3.63, 3.8) is 0 Å². The molecule has 1 atom stereocenters. The molecule has 2 aliphatic rings. The fourth-order valence-corrected chi connectivity index (χ4v) is 3.50. The Morgan fingerprint density at radius 1 is 1.45 bits per heavy atom. The molecule has 1 fully saturated rings. The average molecular weight is 322 g/mol. The molecule has 1 aromatic carbocycles. The number of aryl methyl sites for hydroxylation is 1. The highest BCUT2D eigenvalue weighted by atomic mass is 35.5. The first-order chi connectivity index (χ1) is 10.4. The van der Waals surface area contributed by atoms with Gasteiger partial charge in [-0.2, -0.15) is 0 Å². The van der Waals surface area contributed by atoms with E-state index in [0.29, 0.717) is 34.2 Å². The number of aliphatic hydroxyl groups is 1. The molecule has 0 bridgehead atoms. The van der Waals surface area contributed by atoms with Gasteiger partial charge in [0.25, 0.3) is 5.91 Å². The monoisotopic (exact) mass is 321 g/mol. The third-order valence-electron chi connectivity index (χ3n) is 4.72. The lowest BCUT2D eigenvalue weighted by molar-refractivity contribution is -0.116. The zero-order chi connectivity index (χ0) is 16.1. The summed E-state index contributed by atoms with van der Waals surface area (Å²) >= 11 is 6.12. The standard InChI is InChI=1S/C17H20ClNO3/c1-4-9-7-11(18)8-12(22-3)13(9)14-15(20)17(2,10-5-6-10)19-16(14)21/h7-8,10,20H,4-6H2,1-3H3,(H,19,21). The van der Waals surface area contributed by atoms with Crippen LogP contribution in [0.5, 0.6) is 5.75 Å². The van der Waals surface area contributed by atoms with Gasteiger partial charge in [0.05, 0.1) is 18.2 Å². The van der Waals surface area contributed by atoms with E-state index in [0.717, 1.165) is 18.4 Å². The summed E-state index contributed by atoms with van der Waals surface area (Å²) < 4.78 is 5.41. The molecule has 0 radical (unpaired) electrons. The van der Waals surface area contributed by atoms with E-state index in [9.17, 15) is 9.90 Å². The molecule has 5 heteroatoms. The molecule has 4 nitrogen and oxygen atoms in total. The molecule has 1 aliphatic carbocycles. The first-order valence-corrected chi connectivity index (χ1v) is 7.93. The van der Waals surface area contributed by atoms with Gasteiger partial charge in [0.1, 0.15) is 11.5 Å². The van der Waals surface area contributed by atoms with Gasteiger partial charge in [0.2, 0.25) is 0 Å². The maximum absolute atomic E-state index is 12.5. The normalized spacial score (nSPS) is 24.6. The summed E-state index contributed by atoms with van der Waals surface area (Å²) in [6.07, 6.45) is 2.73. The van der Waals surface area contributed by atoms with Gasteiger partial charge in [-0.1, -0.05) is 18.5 Å². The van der Waals surface area contributed by atoms with Crippen molar-refractivity contribution in [1.82, 2.24) is 5.32 Å². The number of carbonyl (C=O) groups is 1. The van der Waals surface area contributed by atoms with Gasteiger partial charge in [-0.05, 0) is 49.8 Å². The largest absolute Gasteiger partial charge is 0.509 e. The SMILES string of the molecule is CCc1cc(Cl)cc(OC)c1C1=C(O)C(C)(C2CC2)NC1=O. The first kappa shape index (κ1) is 15.2. The van der Waals surface area contributed by atoms with Crippen molar-refractivity contribution < 1.29 is 14.6 Å². The molecule has 118 valence electrons. The fraction of sp³-hybridized carbons (Fsp3) is 0.471. The molecule has 1 heterocycles. The highest BCUT2D eigenvalue weighted by Gasteiger charge is 2.52. The molecule has 1 aliphatic heterocycles. The minimum absolute atomic E-state index is 0.121. The van der Waals surface area contributed by atoms with Crippen molar-refractivity contribution in [3.05, 3.63) is 34.0 Å². The minimum atomic E-state index is -0.665. The number of hydrogen-bond acceptors (Lipinski definition) is 3. The van der Waals surface area contributed by atoms with Crippen molar-refractivity contribution in [2.45, 2.75) is 38.6 Å². The summed E-state index contributed by atoms with van der Waals surface area (Å²) in [6, 6.07) is 3.50. The van der Waals surface area contributed by atoms with E-state index in [-0.39, 0.29) is 11.7 Å². The number of methoxy groups -OCH3 is 1. The highest BCUT2D eigenvalue weighted by molar-refractivity contribution is 6.31. The minimum Gasteiger partial charge on any atom is -0.509 e. The van der Waals surface area contributed by atoms with Crippen LogP contribution in [0.25, 0.3) is 5.57 Å². The maximum atomic E-state index is 12.5. The van der Waals surface area contributed by atoms with Gasteiger partial charge in [0.15, 0.2) is 0 Å².